The van der Waals surface area contributed by atoms with Gasteiger partial charge in [-0.3, -0.25) is 4.68 Å². The maximum Gasteiger partial charge on any atom is 0.146 e. The largest absolute Gasteiger partial charge is 0.382 e. The van der Waals surface area contributed by atoms with Gasteiger partial charge >= 0.3 is 0 Å². The van der Waals surface area contributed by atoms with Gasteiger partial charge < -0.3 is 5.73 Å². The molecule has 2 rings (SSSR count). The summed E-state index contributed by atoms with van der Waals surface area (Å²) in [6.45, 7) is 2.15. The molecule has 0 unspecified atom stereocenters. The Kier molecular flexibility index (Phi) is 3.19. The average molecular weight is 233 g/mol. The molecule has 1 aromatic heterocycles. The van der Waals surface area contributed by atoms with Gasteiger partial charge in [0.15, 0.2) is 0 Å². The fourth-order valence-electron chi connectivity index (χ4n) is 1.65. The highest BCUT2D eigenvalue weighted by molar-refractivity contribution is 7.99. The van der Waals surface area contributed by atoms with Crippen LogP contribution in [0.1, 0.15) is 6.92 Å². The van der Waals surface area contributed by atoms with E-state index in [9.17, 15) is 0 Å². The summed E-state index contributed by atoms with van der Waals surface area (Å²) in [6, 6.07) is 10.4. The van der Waals surface area contributed by atoms with Crippen molar-refractivity contribution in [3.05, 3.63) is 30.3 Å². The van der Waals surface area contributed by atoms with E-state index < -0.39 is 0 Å². The number of aromatic nitrogens is 2. The molecule has 0 aliphatic rings. The van der Waals surface area contributed by atoms with Gasteiger partial charge in [-0.25, -0.2) is 0 Å². The van der Waals surface area contributed by atoms with Crippen molar-refractivity contribution in [1.29, 1.82) is 0 Å². The summed E-state index contributed by atoms with van der Waals surface area (Å²) in [5, 5.41) is 4.14. The summed E-state index contributed by atoms with van der Waals surface area (Å²) in [6.07, 6.45) is 0. The van der Waals surface area contributed by atoms with Crippen molar-refractivity contribution in [2.24, 2.45) is 7.05 Å². The quantitative estimate of drug-likeness (QED) is 0.829. The fraction of sp³-hybridized carbons (Fsp3) is 0.250. The molecule has 1 heterocycles. The summed E-state index contributed by atoms with van der Waals surface area (Å²) in [5.41, 5.74) is 7.85. The Morgan fingerprint density at radius 3 is 2.50 bits per heavy atom. The number of anilines is 1. The van der Waals surface area contributed by atoms with Gasteiger partial charge in [-0.05, 0) is 23.4 Å². The second-order valence-corrected chi connectivity index (χ2v) is 4.87. The van der Waals surface area contributed by atoms with Gasteiger partial charge in [0, 0.05) is 18.0 Å². The van der Waals surface area contributed by atoms with Crippen LogP contribution in [0.15, 0.2) is 35.2 Å². The Morgan fingerprint density at radius 2 is 2.00 bits per heavy atom. The van der Waals surface area contributed by atoms with Crippen LogP contribution in [0.5, 0.6) is 0 Å². The second kappa shape index (κ2) is 4.61. The highest BCUT2D eigenvalue weighted by atomic mass is 32.2. The smallest absolute Gasteiger partial charge is 0.146 e. The number of rotatable bonds is 3. The van der Waals surface area contributed by atoms with Crippen molar-refractivity contribution < 1.29 is 0 Å². The molecule has 0 aliphatic carbocycles. The molecule has 0 spiro atoms. The molecule has 0 amide bonds. The number of hydrogen-bond acceptors (Lipinski definition) is 3. The van der Waals surface area contributed by atoms with Crippen LogP contribution in [0.3, 0.4) is 0 Å². The van der Waals surface area contributed by atoms with E-state index in [0.29, 0.717) is 5.82 Å². The van der Waals surface area contributed by atoms with E-state index in [-0.39, 0.29) is 0 Å². The predicted molar refractivity (Wildman–Crippen MR) is 69.5 cm³/mol. The minimum atomic E-state index is 0.560. The first kappa shape index (κ1) is 11.1. The SMILES string of the molecule is CCSc1ccc(-c2cc(N)nn2C)cc1. The Morgan fingerprint density at radius 1 is 1.31 bits per heavy atom. The number of nitrogens with zero attached hydrogens (tertiary/aromatic N) is 2. The van der Waals surface area contributed by atoms with Crippen molar-refractivity contribution in [3.8, 4) is 11.3 Å². The molecule has 0 radical (unpaired) electrons. The van der Waals surface area contributed by atoms with Crippen LogP contribution in [0, 0.1) is 0 Å². The highest BCUT2D eigenvalue weighted by Crippen LogP contribution is 2.24. The fourth-order valence-corrected chi connectivity index (χ4v) is 2.31. The van der Waals surface area contributed by atoms with Crippen molar-refractivity contribution in [2.75, 3.05) is 11.5 Å². The van der Waals surface area contributed by atoms with Gasteiger partial charge in [0.05, 0.1) is 5.69 Å². The molecule has 4 heteroatoms. The van der Waals surface area contributed by atoms with Gasteiger partial charge in [-0.1, -0.05) is 19.1 Å². The lowest BCUT2D eigenvalue weighted by molar-refractivity contribution is 0.780. The van der Waals surface area contributed by atoms with Crippen molar-refractivity contribution in [3.63, 3.8) is 0 Å². The van der Waals surface area contributed by atoms with Crippen LogP contribution in [0.4, 0.5) is 5.82 Å². The van der Waals surface area contributed by atoms with Crippen LogP contribution >= 0.6 is 11.8 Å². The zero-order valence-electron chi connectivity index (χ0n) is 9.47. The van der Waals surface area contributed by atoms with Crippen LogP contribution in [-0.2, 0) is 7.05 Å². The maximum absolute atomic E-state index is 5.66. The van der Waals surface area contributed by atoms with Gasteiger partial charge in [0.1, 0.15) is 5.82 Å². The molecule has 0 bridgehead atoms. The van der Waals surface area contributed by atoms with E-state index in [1.54, 1.807) is 4.68 Å². The van der Waals surface area contributed by atoms with Gasteiger partial charge in [0.2, 0.25) is 0 Å². The lowest BCUT2D eigenvalue weighted by Crippen LogP contribution is -1.94. The van der Waals surface area contributed by atoms with Crippen molar-refractivity contribution >= 4 is 17.6 Å². The van der Waals surface area contributed by atoms with Gasteiger partial charge in [-0.2, -0.15) is 5.10 Å². The molecule has 84 valence electrons. The lowest BCUT2D eigenvalue weighted by Gasteiger charge is -2.03. The maximum atomic E-state index is 5.66. The topological polar surface area (TPSA) is 43.8 Å². The molecule has 0 saturated carbocycles. The van der Waals surface area contributed by atoms with Crippen LogP contribution in [0.25, 0.3) is 11.3 Å². The first-order valence-electron chi connectivity index (χ1n) is 5.23. The Hall–Kier alpha value is -1.42. The van der Waals surface area contributed by atoms with E-state index in [2.05, 4.69) is 36.3 Å². The van der Waals surface area contributed by atoms with Crippen LogP contribution < -0.4 is 5.73 Å². The molecule has 16 heavy (non-hydrogen) atoms. The number of aryl methyl sites for hydroxylation is 1. The highest BCUT2D eigenvalue weighted by Gasteiger charge is 2.04. The summed E-state index contributed by atoms with van der Waals surface area (Å²) in [4.78, 5) is 1.29. The van der Waals surface area contributed by atoms with Crippen molar-refractivity contribution in [2.45, 2.75) is 11.8 Å². The minimum Gasteiger partial charge on any atom is -0.382 e. The zero-order valence-corrected chi connectivity index (χ0v) is 10.3. The molecule has 0 fully saturated rings. The molecule has 0 aliphatic heterocycles. The first-order valence-corrected chi connectivity index (χ1v) is 6.22. The molecular formula is C12H15N3S. The standard InChI is InChI=1S/C12H15N3S/c1-3-16-10-6-4-9(5-7-10)11-8-12(13)14-15(11)2/h4-8H,3H2,1-2H3,(H2,13,14). The number of thioether (sulfide) groups is 1. The number of hydrogen-bond donors (Lipinski definition) is 1. The van der Waals surface area contributed by atoms with Gasteiger partial charge in [-0.15, -0.1) is 11.8 Å². The number of benzene rings is 1. The van der Waals surface area contributed by atoms with E-state index >= 15 is 0 Å². The zero-order chi connectivity index (χ0) is 11.5. The Bertz CT molecular complexity index is 474. The summed E-state index contributed by atoms with van der Waals surface area (Å²) < 4.78 is 1.80. The van der Waals surface area contributed by atoms with Gasteiger partial charge in [0.25, 0.3) is 0 Å². The summed E-state index contributed by atoms with van der Waals surface area (Å²) in [7, 11) is 1.90. The molecule has 0 saturated heterocycles. The van der Waals surface area contributed by atoms with E-state index in [0.717, 1.165) is 17.0 Å². The minimum absolute atomic E-state index is 0.560. The Balaban J connectivity index is 2.31. The molecule has 2 aromatic rings. The lowest BCUT2D eigenvalue weighted by atomic mass is 10.1. The van der Waals surface area contributed by atoms with Crippen LogP contribution in [0.2, 0.25) is 0 Å². The molecular weight excluding hydrogens is 218 g/mol. The average Bonchev–Trinajstić information content (AvgIpc) is 2.59. The van der Waals surface area contributed by atoms with E-state index in [1.807, 2.05) is 24.9 Å². The molecule has 1 aromatic carbocycles. The van der Waals surface area contributed by atoms with E-state index in [4.69, 9.17) is 5.73 Å². The number of nitrogen functional groups attached to an aromatic ring is 1. The monoisotopic (exact) mass is 233 g/mol. The van der Waals surface area contributed by atoms with Crippen molar-refractivity contribution in [1.82, 2.24) is 9.78 Å². The summed E-state index contributed by atoms with van der Waals surface area (Å²) in [5.74, 6) is 1.65. The molecule has 3 nitrogen and oxygen atoms in total. The Labute approximate surface area is 99.7 Å². The third-order valence-electron chi connectivity index (χ3n) is 2.36. The van der Waals surface area contributed by atoms with Crippen LogP contribution in [-0.4, -0.2) is 15.5 Å². The number of nitrogens with two attached hydrogens (primary N) is 1. The molecule has 2 N–H and O–H groups in total. The third-order valence-corrected chi connectivity index (χ3v) is 3.25. The third kappa shape index (κ3) is 2.22. The second-order valence-electron chi connectivity index (χ2n) is 3.54. The summed E-state index contributed by atoms with van der Waals surface area (Å²) >= 11 is 1.84. The normalized spacial score (nSPS) is 10.6. The first-order chi connectivity index (χ1) is 7.70. The van der Waals surface area contributed by atoms with E-state index in [1.165, 1.54) is 4.90 Å². The predicted octanol–water partition coefficient (Wildman–Crippen LogP) is 2.78. The molecule has 0 atom stereocenters.